The number of carbonyl (C=O) groups is 1. The van der Waals surface area contributed by atoms with E-state index < -0.39 is 0 Å². The van der Waals surface area contributed by atoms with Gasteiger partial charge < -0.3 is 14.7 Å². The molecule has 0 atom stereocenters. The van der Waals surface area contributed by atoms with E-state index in [1.54, 1.807) is 0 Å². The second-order valence-corrected chi connectivity index (χ2v) is 7.53. The summed E-state index contributed by atoms with van der Waals surface area (Å²) in [7, 11) is 0. The molecule has 2 aromatic heterocycles. The molecule has 2 aromatic rings. The second kappa shape index (κ2) is 7.00. The zero-order valence-electron chi connectivity index (χ0n) is 14.5. The maximum absolute atomic E-state index is 12.5. The first-order valence-electron chi connectivity index (χ1n) is 8.89. The lowest BCUT2D eigenvalue weighted by molar-refractivity contribution is 0.0751. The third kappa shape index (κ3) is 3.46. The Hall–Kier alpha value is -2.15. The van der Waals surface area contributed by atoms with Gasteiger partial charge in [-0.2, -0.15) is 0 Å². The minimum atomic E-state index is 0.145. The second-order valence-electron chi connectivity index (χ2n) is 6.58. The Bertz CT molecular complexity index is 734. The molecule has 4 rings (SSSR count). The van der Waals surface area contributed by atoms with Crippen molar-refractivity contribution >= 4 is 28.9 Å². The molecule has 6 nitrogen and oxygen atoms in total. The largest absolute Gasteiger partial charge is 0.356 e. The van der Waals surface area contributed by atoms with Crippen molar-refractivity contribution in [1.82, 2.24) is 14.9 Å². The number of hydrogen-bond acceptors (Lipinski definition) is 6. The molecule has 132 valence electrons. The molecule has 0 aromatic carbocycles. The van der Waals surface area contributed by atoms with E-state index in [-0.39, 0.29) is 5.91 Å². The summed E-state index contributed by atoms with van der Waals surface area (Å²) in [6.07, 6.45) is 2.48. The molecule has 0 unspecified atom stereocenters. The van der Waals surface area contributed by atoms with E-state index in [2.05, 4.69) is 25.8 Å². The number of aryl methyl sites for hydroxylation is 1. The van der Waals surface area contributed by atoms with Gasteiger partial charge in [0, 0.05) is 45.3 Å². The van der Waals surface area contributed by atoms with E-state index in [1.165, 1.54) is 24.2 Å². The number of piperazine rings is 1. The molecule has 2 fully saturated rings. The number of amides is 1. The van der Waals surface area contributed by atoms with Crippen LogP contribution in [-0.2, 0) is 0 Å². The first-order chi connectivity index (χ1) is 12.2. The van der Waals surface area contributed by atoms with Crippen molar-refractivity contribution in [2.75, 3.05) is 49.1 Å². The smallest absolute Gasteiger partial charge is 0.264 e. The van der Waals surface area contributed by atoms with Gasteiger partial charge in [0.2, 0.25) is 0 Å². The van der Waals surface area contributed by atoms with E-state index in [1.807, 2.05) is 29.3 Å². The fourth-order valence-electron chi connectivity index (χ4n) is 3.50. The molecule has 2 aliphatic heterocycles. The molecule has 1 amide bonds. The molecule has 25 heavy (non-hydrogen) atoms. The molecular weight excluding hydrogens is 334 g/mol. The summed E-state index contributed by atoms with van der Waals surface area (Å²) in [5.41, 5.74) is 0. The Morgan fingerprint density at radius 2 is 1.64 bits per heavy atom. The molecule has 0 N–H and O–H groups in total. The topological polar surface area (TPSA) is 52.6 Å². The van der Waals surface area contributed by atoms with E-state index in [9.17, 15) is 4.79 Å². The fraction of sp³-hybridized carbons (Fsp3) is 0.500. The van der Waals surface area contributed by atoms with Crippen LogP contribution in [0.1, 0.15) is 28.3 Å². The summed E-state index contributed by atoms with van der Waals surface area (Å²) in [6, 6.07) is 5.93. The predicted octanol–water partition coefficient (Wildman–Crippen LogP) is 2.41. The van der Waals surface area contributed by atoms with Gasteiger partial charge in [-0.15, -0.1) is 11.3 Å². The first kappa shape index (κ1) is 16.3. The average Bonchev–Trinajstić information content (AvgIpc) is 3.34. The normalized spacial score (nSPS) is 18.0. The highest BCUT2D eigenvalue weighted by atomic mass is 32.1. The Balaban J connectivity index is 1.44. The molecule has 0 spiro atoms. The zero-order chi connectivity index (χ0) is 17.2. The zero-order valence-corrected chi connectivity index (χ0v) is 15.3. The van der Waals surface area contributed by atoms with Gasteiger partial charge in [0.1, 0.15) is 17.5 Å². The number of anilines is 2. The van der Waals surface area contributed by atoms with E-state index in [4.69, 9.17) is 0 Å². The van der Waals surface area contributed by atoms with Crippen LogP contribution in [0, 0.1) is 6.92 Å². The standard InChI is InChI=1S/C18H23N5OS/c1-14-19-16(21-6-2-3-7-21)13-17(20-14)22-8-10-23(11-9-22)18(24)15-5-4-12-25-15/h4-5,12-13H,2-3,6-11H2,1H3. The van der Waals surface area contributed by atoms with Crippen LogP contribution in [-0.4, -0.2) is 60.0 Å². The van der Waals surface area contributed by atoms with Gasteiger partial charge in [0.05, 0.1) is 4.88 Å². The molecular formula is C18H23N5OS. The van der Waals surface area contributed by atoms with Crippen LogP contribution in [0.5, 0.6) is 0 Å². The summed E-state index contributed by atoms with van der Waals surface area (Å²) in [5.74, 6) is 2.98. The molecule has 0 radical (unpaired) electrons. The van der Waals surface area contributed by atoms with Crippen molar-refractivity contribution < 1.29 is 4.79 Å². The third-order valence-corrected chi connectivity index (χ3v) is 5.72. The van der Waals surface area contributed by atoms with Gasteiger partial charge in [-0.1, -0.05) is 6.07 Å². The van der Waals surface area contributed by atoms with E-state index in [0.717, 1.165) is 61.6 Å². The van der Waals surface area contributed by atoms with Crippen molar-refractivity contribution in [2.24, 2.45) is 0 Å². The van der Waals surface area contributed by atoms with E-state index >= 15 is 0 Å². The van der Waals surface area contributed by atoms with Crippen molar-refractivity contribution in [3.63, 3.8) is 0 Å². The number of aromatic nitrogens is 2. The summed E-state index contributed by atoms with van der Waals surface area (Å²) >= 11 is 1.51. The Morgan fingerprint density at radius 1 is 1.00 bits per heavy atom. The van der Waals surface area contributed by atoms with Crippen LogP contribution in [0.25, 0.3) is 0 Å². The molecule has 4 heterocycles. The first-order valence-corrected chi connectivity index (χ1v) is 9.77. The maximum Gasteiger partial charge on any atom is 0.264 e. The maximum atomic E-state index is 12.5. The molecule has 2 saturated heterocycles. The molecule has 7 heteroatoms. The van der Waals surface area contributed by atoms with Gasteiger partial charge >= 0.3 is 0 Å². The molecule has 0 bridgehead atoms. The van der Waals surface area contributed by atoms with Gasteiger partial charge in [-0.05, 0) is 31.2 Å². The number of nitrogens with zero attached hydrogens (tertiary/aromatic N) is 5. The lowest BCUT2D eigenvalue weighted by atomic mass is 10.3. The Labute approximate surface area is 152 Å². The van der Waals surface area contributed by atoms with Crippen LogP contribution in [0.15, 0.2) is 23.6 Å². The van der Waals surface area contributed by atoms with Gasteiger partial charge in [0.15, 0.2) is 0 Å². The van der Waals surface area contributed by atoms with Crippen LogP contribution in [0.2, 0.25) is 0 Å². The van der Waals surface area contributed by atoms with E-state index in [0.29, 0.717) is 0 Å². The van der Waals surface area contributed by atoms with Gasteiger partial charge in [-0.25, -0.2) is 9.97 Å². The van der Waals surface area contributed by atoms with Crippen LogP contribution in [0.4, 0.5) is 11.6 Å². The SMILES string of the molecule is Cc1nc(N2CCCC2)cc(N2CCN(C(=O)c3cccs3)CC2)n1. The predicted molar refractivity (Wildman–Crippen MR) is 101 cm³/mol. The summed E-state index contributed by atoms with van der Waals surface area (Å²) in [4.78, 5) is 29.1. The highest BCUT2D eigenvalue weighted by Crippen LogP contribution is 2.24. The highest BCUT2D eigenvalue weighted by molar-refractivity contribution is 7.12. The van der Waals surface area contributed by atoms with Crippen LogP contribution >= 0.6 is 11.3 Å². The Kier molecular flexibility index (Phi) is 4.57. The minimum Gasteiger partial charge on any atom is -0.356 e. The lowest BCUT2D eigenvalue weighted by Gasteiger charge is -2.35. The number of carbonyl (C=O) groups excluding carboxylic acids is 1. The average molecular weight is 357 g/mol. The van der Waals surface area contributed by atoms with Crippen molar-refractivity contribution in [3.05, 3.63) is 34.3 Å². The summed E-state index contributed by atoms with van der Waals surface area (Å²) in [5, 5.41) is 1.95. The quantitative estimate of drug-likeness (QED) is 0.844. The lowest BCUT2D eigenvalue weighted by Crippen LogP contribution is -2.49. The molecule has 0 saturated carbocycles. The number of hydrogen-bond donors (Lipinski definition) is 0. The Morgan fingerprint density at radius 3 is 2.24 bits per heavy atom. The van der Waals surface area contributed by atoms with Gasteiger partial charge in [0.25, 0.3) is 5.91 Å². The molecule has 0 aliphatic carbocycles. The summed E-state index contributed by atoms with van der Waals surface area (Å²) < 4.78 is 0. The highest BCUT2D eigenvalue weighted by Gasteiger charge is 2.24. The van der Waals surface area contributed by atoms with Crippen molar-refractivity contribution in [3.8, 4) is 0 Å². The summed E-state index contributed by atoms with van der Waals surface area (Å²) in [6.45, 7) is 7.22. The number of rotatable bonds is 3. The molecule has 2 aliphatic rings. The van der Waals surface area contributed by atoms with Crippen molar-refractivity contribution in [2.45, 2.75) is 19.8 Å². The van der Waals surface area contributed by atoms with Crippen molar-refractivity contribution in [1.29, 1.82) is 0 Å². The monoisotopic (exact) mass is 357 g/mol. The third-order valence-electron chi connectivity index (χ3n) is 4.86. The van der Waals surface area contributed by atoms with Crippen LogP contribution < -0.4 is 9.80 Å². The fourth-order valence-corrected chi connectivity index (χ4v) is 4.19. The minimum absolute atomic E-state index is 0.145. The number of thiophene rings is 1. The van der Waals surface area contributed by atoms with Crippen LogP contribution in [0.3, 0.4) is 0 Å². The van der Waals surface area contributed by atoms with Gasteiger partial charge in [-0.3, -0.25) is 4.79 Å².